The number of pyridine rings is 1. The molecule has 4 heteroatoms. The summed E-state index contributed by atoms with van der Waals surface area (Å²) in [5, 5.41) is 1.20. The number of halogens is 1. The SMILES string of the molecule is Brc1cccc2c(N3CCOCC3)ccnc12. The van der Waals surface area contributed by atoms with Crippen LogP contribution in [0.1, 0.15) is 0 Å². The van der Waals surface area contributed by atoms with Crippen LogP contribution in [0, 0.1) is 0 Å². The second-order valence-corrected chi connectivity index (χ2v) is 4.92. The molecule has 0 radical (unpaired) electrons. The maximum absolute atomic E-state index is 5.39. The maximum atomic E-state index is 5.39. The minimum Gasteiger partial charge on any atom is -0.378 e. The van der Waals surface area contributed by atoms with Gasteiger partial charge in [0.1, 0.15) is 0 Å². The standard InChI is InChI=1S/C13H13BrN2O/c14-11-3-1-2-10-12(4-5-15-13(10)11)16-6-8-17-9-7-16/h1-5H,6-9H2. The fourth-order valence-electron chi connectivity index (χ4n) is 2.21. The predicted octanol–water partition coefficient (Wildman–Crippen LogP) is 2.83. The van der Waals surface area contributed by atoms with Gasteiger partial charge in [0.15, 0.2) is 0 Å². The highest BCUT2D eigenvalue weighted by atomic mass is 79.9. The molecule has 1 aliphatic rings. The summed E-state index contributed by atoms with van der Waals surface area (Å²) in [5.41, 5.74) is 2.27. The first-order chi connectivity index (χ1) is 8.36. The number of hydrogen-bond donors (Lipinski definition) is 0. The molecule has 1 aromatic carbocycles. The quantitative estimate of drug-likeness (QED) is 0.808. The van der Waals surface area contributed by atoms with Gasteiger partial charge in [0.25, 0.3) is 0 Å². The van der Waals surface area contributed by atoms with E-state index in [4.69, 9.17) is 4.74 Å². The zero-order valence-electron chi connectivity index (χ0n) is 9.40. The van der Waals surface area contributed by atoms with Gasteiger partial charge >= 0.3 is 0 Å². The van der Waals surface area contributed by atoms with Crippen LogP contribution in [0.3, 0.4) is 0 Å². The third-order valence-corrected chi connectivity index (χ3v) is 3.69. The van der Waals surface area contributed by atoms with Gasteiger partial charge < -0.3 is 9.64 Å². The highest BCUT2D eigenvalue weighted by Gasteiger charge is 2.14. The first kappa shape index (κ1) is 11.0. The van der Waals surface area contributed by atoms with Crippen LogP contribution >= 0.6 is 15.9 Å². The Morgan fingerprint density at radius 3 is 2.82 bits per heavy atom. The molecule has 0 atom stereocenters. The summed E-state index contributed by atoms with van der Waals surface area (Å²) >= 11 is 3.55. The van der Waals surface area contributed by atoms with Crippen molar-refractivity contribution in [1.82, 2.24) is 4.98 Å². The number of rotatable bonds is 1. The van der Waals surface area contributed by atoms with E-state index in [1.807, 2.05) is 12.3 Å². The molecule has 1 saturated heterocycles. The van der Waals surface area contributed by atoms with E-state index in [2.05, 4.69) is 44.0 Å². The van der Waals surface area contributed by atoms with Gasteiger partial charge in [-0.25, -0.2) is 0 Å². The average molecular weight is 293 g/mol. The number of ether oxygens (including phenoxy) is 1. The van der Waals surface area contributed by atoms with E-state index in [1.54, 1.807) is 0 Å². The monoisotopic (exact) mass is 292 g/mol. The molecule has 0 aliphatic carbocycles. The Morgan fingerprint density at radius 2 is 2.00 bits per heavy atom. The molecule has 3 nitrogen and oxygen atoms in total. The minimum absolute atomic E-state index is 0.803. The largest absolute Gasteiger partial charge is 0.378 e. The lowest BCUT2D eigenvalue weighted by atomic mass is 10.1. The number of morpholine rings is 1. The molecule has 17 heavy (non-hydrogen) atoms. The van der Waals surface area contributed by atoms with Crippen molar-refractivity contribution >= 4 is 32.5 Å². The highest BCUT2D eigenvalue weighted by molar-refractivity contribution is 9.10. The summed E-state index contributed by atoms with van der Waals surface area (Å²) in [6, 6.07) is 8.29. The minimum atomic E-state index is 0.803. The van der Waals surface area contributed by atoms with Gasteiger partial charge in [0.05, 0.1) is 18.7 Å². The van der Waals surface area contributed by atoms with Crippen LogP contribution in [0.25, 0.3) is 10.9 Å². The van der Waals surface area contributed by atoms with Crippen molar-refractivity contribution in [3.8, 4) is 0 Å². The summed E-state index contributed by atoms with van der Waals surface area (Å²) < 4.78 is 6.44. The number of hydrogen-bond acceptors (Lipinski definition) is 3. The third kappa shape index (κ3) is 2.03. The van der Waals surface area contributed by atoms with Crippen molar-refractivity contribution in [2.75, 3.05) is 31.2 Å². The molecular weight excluding hydrogens is 280 g/mol. The van der Waals surface area contributed by atoms with E-state index in [0.717, 1.165) is 36.3 Å². The molecule has 0 bridgehead atoms. The molecule has 1 aliphatic heterocycles. The smallest absolute Gasteiger partial charge is 0.0864 e. The predicted molar refractivity (Wildman–Crippen MR) is 72.5 cm³/mol. The Hall–Kier alpha value is -1.13. The Labute approximate surface area is 109 Å². The van der Waals surface area contributed by atoms with Crippen LogP contribution in [0.15, 0.2) is 34.9 Å². The molecule has 2 heterocycles. The normalized spacial score (nSPS) is 16.4. The first-order valence-corrected chi connectivity index (χ1v) is 6.51. The highest BCUT2D eigenvalue weighted by Crippen LogP contribution is 2.30. The van der Waals surface area contributed by atoms with Crippen molar-refractivity contribution in [3.05, 3.63) is 34.9 Å². The topological polar surface area (TPSA) is 25.4 Å². The van der Waals surface area contributed by atoms with Crippen LogP contribution < -0.4 is 4.90 Å². The lowest BCUT2D eigenvalue weighted by molar-refractivity contribution is 0.123. The Kier molecular flexibility index (Phi) is 2.99. The fourth-order valence-corrected chi connectivity index (χ4v) is 2.67. The van der Waals surface area contributed by atoms with E-state index in [-0.39, 0.29) is 0 Å². The van der Waals surface area contributed by atoms with Crippen molar-refractivity contribution in [1.29, 1.82) is 0 Å². The number of fused-ring (bicyclic) bond motifs is 1. The average Bonchev–Trinajstić information content (AvgIpc) is 2.40. The number of nitrogens with zero attached hydrogens (tertiary/aromatic N) is 2. The van der Waals surface area contributed by atoms with Crippen molar-refractivity contribution in [2.45, 2.75) is 0 Å². The Morgan fingerprint density at radius 1 is 1.18 bits per heavy atom. The van der Waals surface area contributed by atoms with Gasteiger partial charge in [0.2, 0.25) is 0 Å². The van der Waals surface area contributed by atoms with Crippen LogP contribution in [0.5, 0.6) is 0 Å². The van der Waals surface area contributed by atoms with Crippen molar-refractivity contribution in [3.63, 3.8) is 0 Å². The summed E-state index contributed by atoms with van der Waals surface area (Å²) in [6.45, 7) is 3.51. The van der Waals surface area contributed by atoms with E-state index in [9.17, 15) is 0 Å². The van der Waals surface area contributed by atoms with Gasteiger partial charge in [0, 0.05) is 34.8 Å². The van der Waals surface area contributed by atoms with E-state index in [1.165, 1.54) is 11.1 Å². The maximum Gasteiger partial charge on any atom is 0.0864 e. The Bertz CT molecular complexity index is 538. The zero-order valence-corrected chi connectivity index (χ0v) is 11.0. The molecule has 0 amide bonds. The summed E-state index contributed by atoms with van der Waals surface area (Å²) in [5.74, 6) is 0. The molecule has 88 valence electrons. The van der Waals surface area contributed by atoms with E-state index >= 15 is 0 Å². The lowest BCUT2D eigenvalue weighted by Crippen LogP contribution is -2.36. The second-order valence-electron chi connectivity index (χ2n) is 4.07. The fraction of sp³-hybridized carbons (Fsp3) is 0.308. The molecule has 0 N–H and O–H groups in total. The lowest BCUT2D eigenvalue weighted by Gasteiger charge is -2.29. The van der Waals surface area contributed by atoms with E-state index < -0.39 is 0 Å². The van der Waals surface area contributed by atoms with Gasteiger partial charge in [-0.15, -0.1) is 0 Å². The molecule has 0 saturated carbocycles. The molecule has 1 fully saturated rings. The first-order valence-electron chi connectivity index (χ1n) is 5.72. The Balaban J connectivity index is 2.12. The molecule has 0 unspecified atom stereocenters. The number of benzene rings is 1. The van der Waals surface area contributed by atoms with Gasteiger partial charge in [-0.1, -0.05) is 12.1 Å². The molecular formula is C13H13BrN2O. The molecule has 0 spiro atoms. The number of aromatic nitrogens is 1. The zero-order chi connectivity index (χ0) is 11.7. The van der Waals surface area contributed by atoms with Gasteiger partial charge in [-0.2, -0.15) is 0 Å². The molecule has 3 rings (SSSR count). The second kappa shape index (κ2) is 4.63. The van der Waals surface area contributed by atoms with Crippen LogP contribution in [0.2, 0.25) is 0 Å². The molecule has 2 aromatic rings. The third-order valence-electron chi connectivity index (χ3n) is 3.05. The van der Waals surface area contributed by atoms with Crippen LogP contribution in [0.4, 0.5) is 5.69 Å². The summed E-state index contributed by atoms with van der Waals surface area (Å²) in [6.07, 6.45) is 1.87. The number of para-hydroxylation sites is 1. The summed E-state index contributed by atoms with van der Waals surface area (Å²) in [4.78, 5) is 6.79. The van der Waals surface area contributed by atoms with Crippen LogP contribution in [-0.4, -0.2) is 31.3 Å². The van der Waals surface area contributed by atoms with E-state index in [0.29, 0.717) is 0 Å². The van der Waals surface area contributed by atoms with Gasteiger partial charge in [-0.05, 0) is 28.1 Å². The van der Waals surface area contributed by atoms with Crippen molar-refractivity contribution in [2.24, 2.45) is 0 Å². The van der Waals surface area contributed by atoms with Crippen LogP contribution in [-0.2, 0) is 4.74 Å². The van der Waals surface area contributed by atoms with Crippen molar-refractivity contribution < 1.29 is 4.74 Å². The summed E-state index contributed by atoms with van der Waals surface area (Å²) in [7, 11) is 0. The number of anilines is 1. The van der Waals surface area contributed by atoms with Gasteiger partial charge in [-0.3, -0.25) is 4.98 Å². The molecule has 1 aromatic heterocycles.